The van der Waals surface area contributed by atoms with Crippen LogP contribution in [0.25, 0.3) is 0 Å². The first-order valence-corrected chi connectivity index (χ1v) is 3.88. The van der Waals surface area contributed by atoms with Crippen LogP contribution in [0.5, 0.6) is 0 Å². The third-order valence-electron chi connectivity index (χ3n) is 1.33. The van der Waals surface area contributed by atoms with Crippen LogP contribution >= 0.6 is 0 Å². The van der Waals surface area contributed by atoms with Gasteiger partial charge in [0.05, 0.1) is 6.61 Å². The summed E-state index contributed by atoms with van der Waals surface area (Å²) in [5.41, 5.74) is 10.0. The van der Waals surface area contributed by atoms with E-state index in [0.717, 1.165) is 0 Å². The maximum Gasteiger partial charge on any atom is 0.322 e. The van der Waals surface area contributed by atoms with Gasteiger partial charge in [0.15, 0.2) is 0 Å². The van der Waals surface area contributed by atoms with E-state index in [-0.39, 0.29) is 13.0 Å². The van der Waals surface area contributed by atoms with E-state index in [1.165, 1.54) is 0 Å². The van der Waals surface area contributed by atoms with E-state index in [9.17, 15) is 9.59 Å². The molecule has 6 heteroatoms. The summed E-state index contributed by atoms with van der Waals surface area (Å²) in [5.74, 6) is -1.50. The van der Waals surface area contributed by atoms with Crippen molar-refractivity contribution in [2.24, 2.45) is 11.5 Å². The van der Waals surface area contributed by atoms with Crippen LogP contribution in [0.3, 0.4) is 0 Å². The molecule has 0 heterocycles. The van der Waals surface area contributed by atoms with Crippen molar-refractivity contribution in [2.75, 3.05) is 13.2 Å². The Morgan fingerprint density at radius 3 is 2.54 bits per heavy atom. The molecule has 0 aliphatic heterocycles. The van der Waals surface area contributed by atoms with Gasteiger partial charge in [-0.1, -0.05) is 0 Å². The molecule has 0 aromatic heterocycles. The molecule has 0 fully saturated rings. The summed E-state index contributed by atoms with van der Waals surface area (Å²) < 4.78 is 4.89. The van der Waals surface area contributed by atoms with E-state index in [1.807, 2.05) is 0 Å². The van der Waals surface area contributed by atoms with Crippen LogP contribution in [-0.4, -0.2) is 36.2 Å². The molecular formula is C7H14N2O4. The van der Waals surface area contributed by atoms with E-state index in [4.69, 9.17) is 21.3 Å². The Hall–Kier alpha value is -1.14. The minimum absolute atomic E-state index is 0.0475. The highest BCUT2D eigenvalue weighted by Gasteiger charge is 2.10. The average Bonchev–Trinajstić information content (AvgIpc) is 2.02. The molecule has 0 aromatic rings. The standard InChI is InChI=1S/C7H14N2O4/c8-5(7(11)12)4-13-3-1-2-6(9)10/h5H,1-4,8H2,(H2,9,10)(H,11,12)/t5-/m0/s1. The van der Waals surface area contributed by atoms with Crippen molar-refractivity contribution < 1.29 is 19.4 Å². The molecule has 5 N–H and O–H groups in total. The van der Waals surface area contributed by atoms with Gasteiger partial charge in [-0.05, 0) is 6.42 Å². The average molecular weight is 190 g/mol. The number of rotatable bonds is 7. The Labute approximate surface area is 75.8 Å². The molecule has 6 nitrogen and oxygen atoms in total. The van der Waals surface area contributed by atoms with E-state index in [1.54, 1.807) is 0 Å². The topological polar surface area (TPSA) is 116 Å². The van der Waals surface area contributed by atoms with Crippen molar-refractivity contribution >= 4 is 11.9 Å². The lowest BCUT2D eigenvalue weighted by Crippen LogP contribution is -2.35. The quantitative estimate of drug-likeness (QED) is 0.430. The van der Waals surface area contributed by atoms with Gasteiger partial charge in [0.2, 0.25) is 5.91 Å². The molecule has 1 amide bonds. The molecule has 13 heavy (non-hydrogen) atoms. The predicted octanol–water partition coefficient (Wildman–Crippen LogP) is -1.32. The van der Waals surface area contributed by atoms with Crippen LogP contribution in [0, 0.1) is 0 Å². The van der Waals surface area contributed by atoms with Crippen LogP contribution in [0.1, 0.15) is 12.8 Å². The molecule has 0 aromatic carbocycles. The summed E-state index contributed by atoms with van der Waals surface area (Å²) in [5, 5.41) is 8.35. The Morgan fingerprint density at radius 2 is 2.08 bits per heavy atom. The van der Waals surface area contributed by atoms with Gasteiger partial charge in [0.25, 0.3) is 0 Å². The van der Waals surface area contributed by atoms with Crippen LogP contribution in [0.15, 0.2) is 0 Å². The number of amides is 1. The van der Waals surface area contributed by atoms with Gasteiger partial charge in [-0.25, -0.2) is 0 Å². The van der Waals surface area contributed by atoms with Gasteiger partial charge < -0.3 is 21.3 Å². The molecule has 0 saturated heterocycles. The minimum atomic E-state index is -1.10. The van der Waals surface area contributed by atoms with Crippen LogP contribution in [0.2, 0.25) is 0 Å². The molecule has 0 radical (unpaired) electrons. The number of hydrogen-bond donors (Lipinski definition) is 3. The smallest absolute Gasteiger partial charge is 0.322 e. The summed E-state index contributed by atoms with van der Waals surface area (Å²) in [4.78, 5) is 20.4. The van der Waals surface area contributed by atoms with Crippen molar-refractivity contribution in [3.63, 3.8) is 0 Å². The van der Waals surface area contributed by atoms with E-state index in [2.05, 4.69) is 0 Å². The summed E-state index contributed by atoms with van der Waals surface area (Å²) in [6.45, 7) is 0.248. The highest BCUT2D eigenvalue weighted by atomic mass is 16.5. The van der Waals surface area contributed by atoms with E-state index < -0.39 is 17.9 Å². The van der Waals surface area contributed by atoms with Gasteiger partial charge in [-0.3, -0.25) is 9.59 Å². The molecule has 0 unspecified atom stereocenters. The zero-order chi connectivity index (χ0) is 10.3. The number of hydrogen-bond acceptors (Lipinski definition) is 4. The van der Waals surface area contributed by atoms with Gasteiger partial charge in [0.1, 0.15) is 6.04 Å². The van der Waals surface area contributed by atoms with Crippen molar-refractivity contribution in [3.05, 3.63) is 0 Å². The Bertz CT molecular complexity index is 183. The zero-order valence-corrected chi connectivity index (χ0v) is 7.23. The fourth-order valence-corrected chi connectivity index (χ4v) is 0.630. The predicted molar refractivity (Wildman–Crippen MR) is 44.9 cm³/mol. The maximum absolute atomic E-state index is 10.3. The second-order valence-electron chi connectivity index (χ2n) is 2.59. The summed E-state index contributed by atoms with van der Waals surface area (Å²) in [7, 11) is 0. The number of carbonyl (C=O) groups is 2. The summed E-state index contributed by atoms with van der Waals surface area (Å²) in [6.07, 6.45) is 0.726. The molecule has 0 bridgehead atoms. The molecule has 1 atom stereocenters. The maximum atomic E-state index is 10.3. The number of ether oxygens (including phenoxy) is 1. The fraction of sp³-hybridized carbons (Fsp3) is 0.714. The molecule has 76 valence electrons. The normalized spacial score (nSPS) is 12.4. The van der Waals surface area contributed by atoms with E-state index >= 15 is 0 Å². The van der Waals surface area contributed by atoms with Gasteiger partial charge in [-0.15, -0.1) is 0 Å². The number of primary amides is 1. The zero-order valence-electron chi connectivity index (χ0n) is 7.23. The lowest BCUT2D eigenvalue weighted by Gasteiger charge is -2.06. The van der Waals surface area contributed by atoms with Crippen molar-refractivity contribution in [1.82, 2.24) is 0 Å². The Morgan fingerprint density at radius 1 is 1.46 bits per heavy atom. The van der Waals surface area contributed by atoms with Gasteiger partial charge in [0, 0.05) is 13.0 Å². The number of nitrogens with two attached hydrogens (primary N) is 2. The van der Waals surface area contributed by atoms with Crippen molar-refractivity contribution in [3.8, 4) is 0 Å². The lowest BCUT2D eigenvalue weighted by molar-refractivity contribution is -0.140. The highest BCUT2D eigenvalue weighted by molar-refractivity contribution is 5.73. The molecule has 0 saturated carbocycles. The monoisotopic (exact) mass is 190 g/mol. The van der Waals surface area contributed by atoms with Crippen LogP contribution in [-0.2, 0) is 14.3 Å². The number of carboxylic acids is 1. The lowest BCUT2D eigenvalue weighted by atomic mass is 10.3. The minimum Gasteiger partial charge on any atom is -0.480 e. The number of carboxylic acid groups (broad SMARTS) is 1. The SMILES string of the molecule is NC(=O)CCCOC[C@H](N)C(=O)O. The van der Waals surface area contributed by atoms with Crippen LogP contribution < -0.4 is 11.5 Å². The third kappa shape index (κ3) is 7.23. The van der Waals surface area contributed by atoms with Crippen LogP contribution in [0.4, 0.5) is 0 Å². The highest BCUT2D eigenvalue weighted by Crippen LogP contribution is 1.90. The summed E-state index contributed by atoms with van der Waals surface area (Å²) in [6, 6.07) is -1.01. The van der Waals surface area contributed by atoms with Crippen molar-refractivity contribution in [2.45, 2.75) is 18.9 Å². The first-order valence-electron chi connectivity index (χ1n) is 3.88. The van der Waals surface area contributed by atoms with Crippen molar-refractivity contribution in [1.29, 1.82) is 0 Å². The molecular weight excluding hydrogens is 176 g/mol. The second-order valence-corrected chi connectivity index (χ2v) is 2.59. The molecule has 0 rings (SSSR count). The van der Waals surface area contributed by atoms with Gasteiger partial charge in [-0.2, -0.15) is 0 Å². The second kappa shape index (κ2) is 6.38. The third-order valence-corrected chi connectivity index (χ3v) is 1.33. The molecule has 0 aliphatic rings. The first kappa shape index (κ1) is 11.9. The fourth-order valence-electron chi connectivity index (χ4n) is 0.630. The molecule has 0 spiro atoms. The summed E-state index contributed by atoms with van der Waals surface area (Å²) >= 11 is 0. The number of carbonyl (C=O) groups excluding carboxylic acids is 1. The number of aliphatic carboxylic acids is 1. The molecule has 0 aliphatic carbocycles. The first-order chi connectivity index (χ1) is 6.04. The Kier molecular flexibility index (Phi) is 5.82. The van der Waals surface area contributed by atoms with E-state index in [0.29, 0.717) is 13.0 Å². The Balaban J connectivity index is 3.26. The largest absolute Gasteiger partial charge is 0.480 e. The van der Waals surface area contributed by atoms with Gasteiger partial charge >= 0.3 is 5.97 Å².